The van der Waals surface area contributed by atoms with E-state index in [1.54, 1.807) is 0 Å². The first-order valence-electron chi connectivity index (χ1n) is 9.29. The van der Waals surface area contributed by atoms with Crippen LogP contribution in [0.2, 0.25) is 0 Å². The summed E-state index contributed by atoms with van der Waals surface area (Å²) < 4.78 is 0. The molecular weight excluding hydrogens is 401 g/mol. The Morgan fingerprint density at radius 1 is 0.870 bits per heavy atom. The Kier molecular flexibility index (Phi) is 11.2. The minimum Gasteiger partial charge on any atom is -0.370 e. The van der Waals surface area contributed by atoms with Crippen molar-refractivity contribution in [2.75, 3.05) is 58.9 Å². The molecule has 2 rings (SSSR count). The largest absolute Gasteiger partial charge is 0.370 e. The van der Waals surface area contributed by atoms with Crippen LogP contribution in [-0.4, -0.2) is 79.6 Å². The van der Waals surface area contributed by atoms with Gasteiger partial charge in [-0.2, -0.15) is 0 Å². The van der Waals surface area contributed by atoms with Crippen LogP contribution in [0.5, 0.6) is 0 Å². The van der Waals surface area contributed by atoms with Gasteiger partial charge in [0.1, 0.15) is 0 Å². The fourth-order valence-electron chi connectivity index (χ4n) is 3.37. The predicted molar refractivity (Wildman–Crippen MR) is 110 cm³/mol. The zero-order chi connectivity index (χ0) is 15.6. The number of nitrogens with zero attached hydrogens (tertiary/aromatic N) is 4. The first-order chi connectivity index (χ1) is 10.8. The lowest BCUT2D eigenvalue weighted by Crippen LogP contribution is -2.46. The van der Waals surface area contributed by atoms with Gasteiger partial charge in [-0.1, -0.05) is 19.8 Å². The first kappa shape index (κ1) is 21.0. The normalized spacial score (nSPS) is 21.8. The van der Waals surface area contributed by atoms with Crippen molar-refractivity contribution in [3.8, 4) is 0 Å². The molecule has 0 spiro atoms. The number of hydrogen-bond donors (Lipinski definition) is 1. The minimum atomic E-state index is 0. The van der Waals surface area contributed by atoms with Crippen molar-refractivity contribution >= 4 is 29.9 Å². The van der Waals surface area contributed by atoms with Crippen LogP contribution in [0.15, 0.2) is 4.99 Å². The van der Waals surface area contributed by atoms with E-state index in [1.807, 2.05) is 0 Å². The molecule has 6 heteroatoms. The van der Waals surface area contributed by atoms with Crippen LogP contribution in [0.25, 0.3) is 0 Å². The second kappa shape index (κ2) is 12.3. The van der Waals surface area contributed by atoms with Gasteiger partial charge in [0.05, 0.1) is 0 Å². The van der Waals surface area contributed by atoms with Crippen LogP contribution in [0.3, 0.4) is 0 Å². The van der Waals surface area contributed by atoms with E-state index in [9.17, 15) is 0 Å². The van der Waals surface area contributed by atoms with E-state index >= 15 is 0 Å². The summed E-state index contributed by atoms with van der Waals surface area (Å²) in [5, 5.41) is 0. The number of guanidine groups is 1. The van der Waals surface area contributed by atoms with Crippen molar-refractivity contribution in [1.29, 1.82) is 0 Å². The molecule has 0 aromatic rings. The molecule has 0 aliphatic carbocycles. The second-order valence-corrected chi connectivity index (χ2v) is 6.62. The average Bonchev–Trinajstić information content (AvgIpc) is 2.84. The van der Waals surface area contributed by atoms with Crippen molar-refractivity contribution in [2.45, 2.75) is 45.4 Å². The van der Waals surface area contributed by atoms with Gasteiger partial charge in [0.15, 0.2) is 5.96 Å². The summed E-state index contributed by atoms with van der Waals surface area (Å²) in [6, 6.07) is 0. The van der Waals surface area contributed by atoms with Crippen LogP contribution in [0, 0.1) is 0 Å². The fourth-order valence-corrected chi connectivity index (χ4v) is 3.37. The van der Waals surface area contributed by atoms with E-state index in [-0.39, 0.29) is 24.0 Å². The maximum absolute atomic E-state index is 6.13. The van der Waals surface area contributed by atoms with E-state index in [1.165, 1.54) is 71.4 Å². The Labute approximate surface area is 159 Å². The summed E-state index contributed by atoms with van der Waals surface area (Å²) in [5.41, 5.74) is 6.13. The first-order valence-corrected chi connectivity index (χ1v) is 9.29. The van der Waals surface area contributed by atoms with Gasteiger partial charge in [0.25, 0.3) is 0 Å². The topological polar surface area (TPSA) is 48.1 Å². The number of piperazine rings is 1. The molecule has 0 radical (unpaired) electrons. The standard InChI is InChI=1S/C17H35N5.HI/c1-2-20-13-15-21(16-14-20)10-8-5-9-19-17(18)22-11-6-3-4-7-12-22;/h2-16H2,1H3,(H2,18,19);1H. The molecule has 0 unspecified atom stereocenters. The highest BCUT2D eigenvalue weighted by molar-refractivity contribution is 14.0. The van der Waals surface area contributed by atoms with Crippen molar-refractivity contribution in [2.24, 2.45) is 10.7 Å². The molecule has 0 atom stereocenters. The average molecular weight is 437 g/mol. The summed E-state index contributed by atoms with van der Waals surface area (Å²) in [4.78, 5) is 12.0. The van der Waals surface area contributed by atoms with Crippen LogP contribution in [0.1, 0.15) is 45.4 Å². The predicted octanol–water partition coefficient (Wildman–Crippen LogP) is 2.21. The molecule has 0 bridgehead atoms. The van der Waals surface area contributed by atoms with Crippen molar-refractivity contribution in [3.63, 3.8) is 0 Å². The molecule has 0 aromatic carbocycles. The zero-order valence-electron chi connectivity index (χ0n) is 14.9. The van der Waals surface area contributed by atoms with E-state index < -0.39 is 0 Å². The number of rotatable bonds is 6. The molecule has 2 N–H and O–H groups in total. The van der Waals surface area contributed by atoms with Gasteiger partial charge in [-0.15, -0.1) is 24.0 Å². The smallest absolute Gasteiger partial charge is 0.191 e. The van der Waals surface area contributed by atoms with Gasteiger partial charge < -0.3 is 20.4 Å². The van der Waals surface area contributed by atoms with Crippen LogP contribution >= 0.6 is 24.0 Å². The molecular formula is C17H36IN5. The van der Waals surface area contributed by atoms with E-state index in [0.29, 0.717) is 0 Å². The Balaban J connectivity index is 0.00000264. The van der Waals surface area contributed by atoms with Crippen LogP contribution in [-0.2, 0) is 0 Å². The van der Waals surface area contributed by atoms with E-state index in [4.69, 9.17) is 5.73 Å². The number of halogens is 1. The third-order valence-electron chi connectivity index (χ3n) is 5.00. The lowest BCUT2D eigenvalue weighted by molar-refractivity contribution is 0.136. The number of hydrogen-bond acceptors (Lipinski definition) is 3. The molecule has 2 aliphatic heterocycles. The molecule has 23 heavy (non-hydrogen) atoms. The Bertz CT molecular complexity index is 321. The number of aliphatic imine (C=N–C) groups is 1. The zero-order valence-corrected chi connectivity index (χ0v) is 17.2. The van der Waals surface area contributed by atoms with Crippen molar-refractivity contribution in [1.82, 2.24) is 14.7 Å². The summed E-state index contributed by atoms with van der Waals surface area (Å²) in [5.74, 6) is 0.776. The molecule has 0 aromatic heterocycles. The number of likely N-dealkylation sites (tertiary alicyclic amines) is 1. The van der Waals surface area contributed by atoms with Gasteiger partial charge in [-0.25, -0.2) is 0 Å². The highest BCUT2D eigenvalue weighted by atomic mass is 127. The van der Waals surface area contributed by atoms with Crippen LogP contribution < -0.4 is 5.73 Å². The molecule has 136 valence electrons. The number of likely N-dealkylation sites (N-methyl/N-ethyl adjacent to an activating group) is 1. The van der Waals surface area contributed by atoms with Gasteiger partial charge in [-0.3, -0.25) is 4.99 Å². The molecule has 0 saturated carbocycles. The van der Waals surface area contributed by atoms with Gasteiger partial charge in [-0.05, 0) is 38.8 Å². The monoisotopic (exact) mass is 437 g/mol. The van der Waals surface area contributed by atoms with E-state index in [0.717, 1.165) is 32.0 Å². The lowest BCUT2D eigenvalue weighted by atomic mass is 10.2. The molecule has 2 heterocycles. The third-order valence-corrected chi connectivity index (χ3v) is 5.00. The highest BCUT2D eigenvalue weighted by Crippen LogP contribution is 2.09. The summed E-state index contributed by atoms with van der Waals surface area (Å²) in [6.45, 7) is 12.7. The molecule has 2 aliphatic rings. The number of nitrogens with two attached hydrogens (primary N) is 1. The van der Waals surface area contributed by atoms with Crippen molar-refractivity contribution in [3.05, 3.63) is 0 Å². The summed E-state index contributed by atoms with van der Waals surface area (Å²) in [6.07, 6.45) is 7.61. The molecule has 2 fully saturated rings. The quantitative estimate of drug-likeness (QED) is 0.300. The summed E-state index contributed by atoms with van der Waals surface area (Å²) in [7, 11) is 0. The Morgan fingerprint density at radius 2 is 1.48 bits per heavy atom. The SMILES string of the molecule is CCN1CCN(CCCCN=C(N)N2CCCCCC2)CC1.I. The van der Waals surface area contributed by atoms with Gasteiger partial charge in [0, 0.05) is 45.8 Å². The second-order valence-electron chi connectivity index (χ2n) is 6.62. The fraction of sp³-hybridized carbons (Fsp3) is 0.941. The molecule has 5 nitrogen and oxygen atoms in total. The third kappa shape index (κ3) is 8.03. The Hall–Kier alpha value is -0.0800. The number of unbranched alkanes of at least 4 members (excludes halogenated alkanes) is 1. The lowest BCUT2D eigenvalue weighted by Gasteiger charge is -2.33. The van der Waals surface area contributed by atoms with Crippen molar-refractivity contribution < 1.29 is 0 Å². The molecule has 0 amide bonds. The van der Waals surface area contributed by atoms with Gasteiger partial charge in [0.2, 0.25) is 0 Å². The molecule has 2 saturated heterocycles. The summed E-state index contributed by atoms with van der Waals surface area (Å²) >= 11 is 0. The minimum absolute atomic E-state index is 0. The maximum atomic E-state index is 6.13. The van der Waals surface area contributed by atoms with Crippen LogP contribution in [0.4, 0.5) is 0 Å². The van der Waals surface area contributed by atoms with Gasteiger partial charge >= 0.3 is 0 Å². The Morgan fingerprint density at radius 3 is 2.09 bits per heavy atom. The highest BCUT2D eigenvalue weighted by Gasteiger charge is 2.14. The maximum Gasteiger partial charge on any atom is 0.191 e. The van der Waals surface area contributed by atoms with E-state index in [2.05, 4.69) is 26.6 Å².